The summed E-state index contributed by atoms with van der Waals surface area (Å²) < 4.78 is 65.3. The molecule has 5 rings (SSSR count). The Labute approximate surface area is 194 Å². The third-order valence-electron chi connectivity index (χ3n) is 6.75. The first-order chi connectivity index (χ1) is 16.2. The van der Waals surface area contributed by atoms with Gasteiger partial charge in [0.05, 0.1) is 31.4 Å². The van der Waals surface area contributed by atoms with Gasteiger partial charge in [-0.05, 0) is 18.6 Å². The van der Waals surface area contributed by atoms with Crippen molar-refractivity contribution in [2.75, 3.05) is 38.9 Å². The minimum Gasteiger partial charge on any atom is -0.507 e. The lowest BCUT2D eigenvalue weighted by atomic mass is 9.89. The van der Waals surface area contributed by atoms with Gasteiger partial charge in [-0.2, -0.15) is 0 Å². The van der Waals surface area contributed by atoms with E-state index in [4.69, 9.17) is 18.9 Å². The van der Waals surface area contributed by atoms with Crippen molar-refractivity contribution in [3.63, 3.8) is 0 Å². The Balaban J connectivity index is 1.62. The van der Waals surface area contributed by atoms with Crippen molar-refractivity contribution in [2.45, 2.75) is 50.0 Å². The average molecular weight is 481 g/mol. The number of alkyl halides is 2. The lowest BCUT2D eigenvalue weighted by Gasteiger charge is -2.33. The third-order valence-corrected chi connectivity index (χ3v) is 6.75. The molecule has 3 aliphatic heterocycles. The number of nitrogens with one attached hydrogen (secondary N) is 1. The van der Waals surface area contributed by atoms with Gasteiger partial charge in [-0.3, -0.25) is 0 Å². The Bertz CT molecular complexity index is 1070. The number of phenols is 1. The summed E-state index contributed by atoms with van der Waals surface area (Å²) in [6.45, 7) is 2.49. The molecule has 3 aliphatic rings. The number of benzene rings is 1. The molecule has 0 saturated carbocycles. The lowest BCUT2D eigenvalue weighted by molar-refractivity contribution is -0.0427. The van der Waals surface area contributed by atoms with Crippen LogP contribution in [0.1, 0.15) is 36.5 Å². The van der Waals surface area contributed by atoms with Crippen molar-refractivity contribution in [1.82, 2.24) is 10.2 Å². The van der Waals surface area contributed by atoms with Crippen LogP contribution in [0, 0.1) is 5.82 Å². The van der Waals surface area contributed by atoms with Gasteiger partial charge in [-0.1, -0.05) is 0 Å². The quantitative estimate of drug-likeness (QED) is 0.671. The molecular formula is C23H26F3N3O5. The molecule has 11 heteroatoms. The number of hydrogen-bond acceptors (Lipinski definition) is 8. The van der Waals surface area contributed by atoms with Crippen molar-refractivity contribution in [3.05, 3.63) is 34.6 Å². The Kier molecular flexibility index (Phi) is 5.91. The van der Waals surface area contributed by atoms with E-state index in [0.29, 0.717) is 62.6 Å². The minimum atomic E-state index is -3.31. The zero-order chi connectivity index (χ0) is 24.1. The molecule has 2 aromatic rings. The zero-order valence-corrected chi connectivity index (χ0v) is 18.9. The number of anilines is 1. The van der Waals surface area contributed by atoms with Gasteiger partial charge >= 0.3 is 0 Å². The van der Waals surface area contributed by atoms with E-state index < -0.39 is 28.7 Å². The standard InChI is InChI=1S/C23H26F3N3O5/c1-22(25,26)12-7-14(24)18(16(30)8-12)20-13-9-34-23(4-6-33-11-23)19(13)21(29-28-20)27-15-3-5-32-10-17(15)31-2/h7-8,15,17,30H,3-6,9-11H2,1-2H3,(H,27,29)/t15-,17-,23+/m1/s1. The minimum absolute atomic E-state index is 0.0561. The second-order valence-corrected chi connectivity index (χ2v) is 8.97. The van der Waals surface area contributed by atoms with E-state index in [0.717, 1.165) is 6.07 Å². The highest BCUT2D eigenvalue weighted by atomic mass is 19.3. The molecule has 2 N–H and O–H groups in total. The number of halogens is 3. The number of fused-ring (bicyclic) bond motifs is 2. The molecule has 0 aliphatic carbocycles. The highest BCUT2D eigenvalue weighted by molar-refractivity contribution is 5.74. The molecule has 0 unspecified atom stereocenters. The maximum atomic E-state index is 15.1. The van der Waals surface area contributed by atoms with Crippen LogP contribution in [0.25, 0.3) is 11.3 Å². The zero-order valence-electron chi connectivity index (χ0n) is 18.9. The molecule has 0 bridgehead atoms. The van der Waals surface area contributed by atoms with Gasteiger partial charge in [0.15, 0.2) is 5.82 Å². The third kappa shape index (κ3) is 3.90. The molecule has 34 heavy (non-hydrogen) atoms. The summed E-state index contributed by atoms with van der Waals surface area (Å²) in [5.74, 6) is -4.50. The number of phenolic OH excluding ortho intramolecular Hbond substituents is 1. The summed E-state index contributed by atoms with van der Waals surface area (Å²) in [4.78, 5) is 0. The fourth-order valence-corrected chi connectivity index (χ4v) is 4.91. The molecule has 1 aromatic carbocycles. The summed E-state index contributed by atoms with van der Waals surface area (Å²) >= 11 is 0. The number of aromatic hydroxyl groups is 1. The first-order valence-corrected chi connectivity index (χ1v) is 11.1. The predicted molar refractivity (Wildman–Crippen MR) is 114 cm³/mol. The smallest absolute Gasteiger partial charge is 0.270 e. The van der Waals surface area contributed by atoms with Crippen molar-refractivity contribution < 1.29 is 37.2 Å². The van der Waals surface area contributed by atoms with Crippen molar-refractivity contribution in [1.29, 1.82) is 0 Å². The Hall–Kier alpha value is -2.47. The van der Waals surface area contributed by atoms with Crippen LogP contribution in [-0.2, 0) is 37.1 Å². The van der Waals surface area contributed by atoms with Crippen LogP contribution in [0.2, 0.25) is 0 Å². The van der Waals surface area contributed by atoms with Crippen LogP contribution in [-0.4, -0.2) is 61.0 Å². The van der Waals surface area contributed by atoms with Crippen molar-refractivity contribution >= 4 is 5.82 Å². The van der Waals surface area contributed by atoms with Crippen LogP contribution in [0.5, 0.6) is 5.75 Å². The number of nitrogens with zero attached hydrogens (tertiary/aromatic N) is 2. The van der Waals surface area contributed by atoms with E-state index in [1.807, 2.05) is 0 Å². The second kappa shape index (κ2) is 8.63. The maximum Gasteiger partial charge on any atom is 0.270 e. The van der Waals surface area contributed by atoms with E-state index in [1.54, 1.807) is 7.11 Å². The molecule has 2 saturated heterocycles. The Morgan fingerprint density at radius 2 is 2.06 bits per heavy atom. The number of hydrogen-bond donors (Lipinski definition) is 2. The first-order valence-electron chi connectivity index (χ1n) is 11.1. The topological polar surface area (TPSA) is 95.0 Å². The molecule has 184 valence electrons. The van der Waals surface area contributed by atoms with Gasteiger partial charge in [-0.25, -0.2) is 13.2 Å². The second-order valence-electron chi connectivity index (χ2n) is 8.97. The maximum absolute atomic E-state index is 15.1. The summed E-state index contributed by atoms with van der Waals surface area (Å²) in [5, 5.41) is 22.5. The number of ether oxygens (including phenoxy) is 4. The van der Waals surface area contributed by atoms with Crippen LogP contribution in [0.15, 0.2) is 12.1 Å². The average Bonchev–Trinajstić information content (AvgIpc) is 3.42. The molecule has 1 aromatic heterocycles. The van der Waals surface area contributed by atoms with E-state index in [1.165, 1.54) is 0 Å². The molecule has 2 fully saturated rings. The van der Waals surface area contributed by atoms with E-state index in [2.05, 4.69) is 15.5 Å². The van der Waals surface area contributed by atoms with Crippen LogP contribution >= 0.6 is 0 Å². The Morgan fingerprint density at radius 3 is 2.74 bits per heavy atom. The van der Waals surface area contributed by atoms with E-state index >= 15 is 4.39 Å². The number of methoxy groups -OCH3 is 1. The van der Waals surface area contributed by atoms with Gasteiger partial charge in [0.2, 0.25) is 0 Å². The molecule has 1 spiro atoms. The monoisotopic (exact) mass is 481 g/mol. The molecular weight excluding hydrogens is 455 g/mol. The number of aromatic nitrogens is 2. The Morgan fingerprint density at radius 1 is 1.24 bits per heavy atom. The summed E-state index contributed by atoms with van der Waals surface area (Å²) in [5.41, 5.74) is -0.437. The van der Waals surface area contributed by atoms with Gasteiger partial charge in [0.1, 0.15) is 29.0 Å². The molecule has 4 heterocycles. The van der Waals surface area contributed by atoms with Gasteiger partial charge in [0.25, 0.3) is 5.92 Å². The molecule has 0 amide bonds. The molecule has 3 atom stereocenters. The predicted octanol–water partition coefficient (Wildman–Crippen LogP) is 3.46. The molecule has 8 nitrogen and oxygen atoms in total. The van der Waals surface area contributed by atoms with E-state index in [-0.39, 0.29) is 36.6 Å². The lowest BCUT2D eigenvalue weighted by Crippen LogP contribution is -2.44. The highest BCUT2D eigenvalue weighted by Gasteiger charge is 2.48. The number of rotatable bonds is 5. The van der Waals surface area contributed by atoms with Crippen LogP contribution < -0.4 is 5.32 Å². The SMILES string of the molecule is CO[C@@H]1COCC[C@H]1Nc1nnc(-c2c(O)cc(C(C)(F)F)cc2F)c2c1[C@@]1(CCOC1)OC2. The van der Waals surface area contributed by atoms with Crippen molar-refractivity contribution in [3.8, 4) is 17.0 Å². The summed E-state index contributed by atoms with van der Waals surface area (Å²) in [6.07, 6.45) is 1.05. The summed E-state index contributed by atoms with van der Waals surface area (Å²) in [6, 6.07) is 1.47. The normalized spacial score (nSPS) is 26.7. The van der Waals surface area contributed by atoms with Gasteiger partial charge in [-0.15, -0.1) is 10.2 Å². The van der Waals surface area contributed by atoms with Crippen LogP contribution in [0.4, 0.5) is 19.0 Å². The highest BCUT2D eigenvalue weighted by Crippen LogP contribution is 2.49. The first kappa shape index (κ1) is 23.3. The van der Waals surface area contributed by atoms with Crippen molar-refractivity contribution in [2.24, 2.45) is 0 Å². The van der Waals surface area contributed by atoms with Gasteiger partial charge in [0, 0.05) is 50.4 Å². The van der Waals surface area contributed by atoms with Gasteiger partial charge < -0.3 is 29.4 Å². The fraction of sp³-hybridized carbons (Fsp3) is 0.565. The summed E-state index contributed by atoms with van der Waals surface area (Å²) in [7, 11) is 1.61. The molecule has 0 radical (unpaired) electrons. The fourth-order valence-electron chi connectivity index (χ4n) is 4.91. The largest absolute Gasteiger partial charge is 0.507 e. The van der Waals surface area contributed by atoms with E-state index in [9.17, 15) is 13.9 Å². The van der Waals surface area contributed by atoms with Crippen LogP contribution in [0.3, 0.4) is 0 Å².